The summed E-state index contributed by atoms with van der Waals surface area (Å²) >= 11 is 18.3. The Morgan fingerprint density at radius 1 is 1.00 bits per heavy atom. The molecule has 0 amide bonds. The Bertz CT molecular complexity index is 555. The summed E-state index contributed by atoms with van der Waals surface area (Å²) < 4.78 is 13.4. The molecular formula is C15H12Cl3F. The van der Waals surface area contributed by atoms with Crippen molar-refractivity contribution in [2.45, 2.75) is 12.8 Å². The van der Waals surface area contributed by atoms with Crippen molar-refractivity contribution >= 4 is 34.8 Å². The summed E-state index contributed by atoms with van der Waals surface area (Å²) in [4.78, 5) is 0. The van der Waals surface area contributed by atoms with Crippen LogP contribution in [0.3, 0.4) is 0 Å². The summed E-state index contributed by atoms with van der Waals surface area (Å²) in [7, 11) is 0. The lowest BCUT2D eigenvalue weighted by molar-refractivity contribution is 0.461. The fraction of sp³-hybridized carbons (Fsp3) is 0.200. The molecule has 0 N–H and O–H groups in total. The van der Waals surface area contributed by atoms with E-state index in [2.05, 4.69) is 0 Å². The van der Waals surface area contributed by atoms with Gasteiger partial charge in [-0.05, 0) is 47.9 Å². The van der Waals surface area contributed by atoms with Crippen LogP contribution in [0.5, 0.6) is 0 Å². The molecule has 2 aromatic rings. The van der Waals surface area contributed by atoms with Crippen LogP contribution in [-0.4, -0.2) is 6.67 Å². The van der Waals surface area contributed by atoms with Crippen LogP contribution in [0.25, 0.3) is 0 Å². The van der Waals surface area contributed by atoms with Crippen LogP contribution < -0.4 is 0 Å². The van der Waals surface area contributed by atoms with Crippen LogP contribution >= 0.6 is 34.8 Å². The summed E-state index contributed by atoms with van der Waals surface area (Å²) in [5.41, 5.74) is 2.38. The van der Waals surface area contributed by atoms with Crippen molar-refractivity contribution in [2.75, 3.05) is 6.67 Å². The third kappa shape index (κ3) is 3.22. The van der Waals surface area contributed by atoms with Crippen LogP contribution in [0.1, 0.15) is 22.6 Å². The largest absolute Gasteiger partial charge is 0.250 e. The lowest BCUT2D eigenvalue weighted by Gasteiger charge is -2.18. The van der Waals surface area contributed by atoms with Gasteiger partial charge in [0.05, 0.1) is 0 Å². The van der Waals surface area contributed by atoms with Gasteiger partial charge in [0.2, 0.25) is 0 Å². The summed E-state index contributed by atoms with van der Waals surface area (Å²) in [5.74, 6) is -0.474. The zero-order valence-corrected chi connectivity index (χ0v) is 12.5. The molecule has 2 rings (SSSR count). The predicted molar refractivity (Wildman–Crippen MR) is 80.5 cm³/mol. The van der Waals surface area contributed by atoms with Gasteiger partial charge in [-0.2, -0.15) is 0 Å². The maximum atomic E-state index is 13.4. The van der Waals surface area contributed by atoms with E-state index in [1.807, 2.05) is 6.92 Å². The van der Waals surface area contributed by atoms with Gasteiger partial charge in [-0.15, -0.1) is 0 Å². The molecular weight excluding hydrogens is 306 g/mol. The van der Waals surface area contributed by atoms with Gasteiger partial charge in [0.15, 0.2) is 0 Å². The second-order valence-electron chi connectivity index (χ2n) is 4.40. The second-order valence-corrected chi connectivity index (χ2v) is 5.65. The minimum Gasteiger partial charge on any atom is -0.250 e. The second kappa shape index (κ2) is 6.13. The smallest absolute Gasteiger partial charge is 0.100 e. The van der Waals surface area contributed by atoms with Crippen molar-refractivity contribution in [1.29, 1.82) is 0 Å². The molecule has 0 aliphatic heterocycles. The fourth-order valence-corrected chi connectivity index (χ4v) is 3.06. The first kappa shape index (κ1) is 14.6. The summed E-state index contributed by atoms with van der Waals surface area (Å²) in [6, 6.07) is 10.6. The van der Waals surface area contributed by atoms with Crippen molar-refractivity contribution in [3.8, 4) is 0 Å². The van der Waals surface area contributed by atoms with Gasteiger partial charge in [-0.1, -0.05) is 46.9 Å². The van der Waals surface area contributed by atoms with E-state index in [1.54, 1.807) is 36.4 Å². The van der Waals surface area contributed by atoms with Gasteiger partial charge >= 0.3 is 0 Å². The van der Waals surface area contributed by atoms with E-state index < -0.39 is 12.6 Å². The van der Waals surface area contributed by atoms with Crippen molar-refractivity contribution in [1.82, 2.24) is 0 Å². The highest BCUT2D eigenvalue weighted by Gasteiger charge is 2.20. The van der Waals surface area contributed by atoms with Crippen molar-refractivity contribution in [2.24, 2.45) is 0 Å². The van der Waals surface area contributed by atoms with Gasteiger partial charge in [0, 0.05) is 21.0 Å². The summed E-state index contributed by atoms with van der Waals surface area (Å²) in [5, 5.41) is 1.59. The summed E-state index contributed by atoms with van der Waals surface area (Å²) in [6.07, 6.45) is 0. The SMILES string of the molecule is Cc1cc(Cl)c(C(CF)c2ccc(Cl)cc2)c(Cl)c1. The monoisotopic (exact) mass is 316 g/mol. The molecule has 0 nitrogen and oxygen atoms in total. The van der Waals surface area contributed by atoms with E-state index >= 15 is 0 Å². The predicted octanol–water partition coefficient (Wildman–Crippen LogP) is 6.06. The normalized spacial score (nSPS) is 12.5. The van der Waals surface area contributed by atoms with Crippen LogP contribution in [0.15, 0.2) is 36.4 Å². The molecule has 0 bridgehead atoms. The Kier molecular flexibility index (Phi) is 4.72. The topological polar surface area (TPSA) is 0 Å². The standard InChI is InChI=1S/C15H12Cl3F/c1-9-6-13(17)15(14(18)7-9)12(8-19)10-2-4-11(16)5-3-10/h2-7,12H,8H2,1H3. The van der Waals surface area contributed by atoms with Crippen molar-refractivity contribution in [3.63, 3.8) is 0 Å². The van der Waals surface area contributed by atoms with E-state index in [-0.39, 0.29) is 0 Å². The van der Waals surface area contributed by atoms with E-state index in [0.717, 1.165) is 11.1 Å². The molecule has 1 atom stereocenters. The number of aryl methyl sites for hydroxylation is 1. The van der Waals surface area contributed by atoms with Gasteiger partial charge in [0.1, 0.15) is 6.67 Å². The van der Waals surface area contributed by atoms with Gasteiger partial charge in [-0.3, -0.25) is 4.39 Å². The molecule has 0 saturated heterocycles. The highest BCUT2D eigenvalue weighted by Crippen LogP contribution is 2.37. The third-order valence-corrected chi connectivity index (χ3v) is 3.88. The molecule has 0 spiro atoms. The maximum absolute atomic E-state index is 13.4. The fourth-order valence-electron chi connectivity index (χ4n) is 2.07. The van der Waals surface area contributed by atoms with E-state index in [1.165, 1.54) is 0 Å². The number of hydrogen-bond donors (Lipinski definition) is 0. The van der Waals surface area contributed by atoms with Crippen LogP contribution in [0.2, 0.25) is 15.1 Å². The van der Waals surface area contributed by atoms with Gasteiger partial charge in [-0.25, -0.2) is 0 Å². The van der Waals surface area contributed by atoms with E-state index in [0.29, 0.717) is 20.6 Å². The molecule has 0 aromatic heterocycles. The van der Waals surface area contributed by atoms with Crippen molar-refractivity contribution in [3.05, 3.63) is 68.2 Å². The Balaban J connectivity index is 2.51. The molecule has 0 radical (unpaired) electrons. The molecule has 0 heterocycles. The molecule has 1 unspecified atom stereocenters. The molecule has 2 aromatic carbocycles. The minimum atomic E-state index is -0.565. The Hall–Kier alpha value is -0.760. The zero-order valence-electron chi connectivity index (χ0n) is 10.3. The maximum Gasteiger partial charge on any atom is 0.100 e. The Labute approximate surface area is 127 Å². The van der Waals surface area contributed by atoms with E-state index in [4.69, 9.17) is 34.8 Å². The number of benzene rings is 2. The van der Waals surface area contributed by atoms with Crippen LogP contribution in [0.4, 0.5) is 4.39 Å². The number of alkyl halides is 1. The van der Waals surface area contributed by atoms with Gasteiger partial charge in [0.25, 0.3) is 0 Å². The minimum absolute atomic E-state index is 0.474. The summed E-state index contributed by atoms with van der Waals surface area (Å²) in [6.45, 7) is 1.33. The van der Waals surface area contributed by atoms with E-state index in [9.17, 15) is 4.39 Å². The first-order chi connectivity index (χ1) is 9.02. The lowest BCUT2D eigenvalue weighted by atomic mass is 9.92. The molecule has 19 heavy (non-hydrogen) atoms. The number of hydrogen-bond acceptors (Lipinski definition) is 0. The number of halogens is 4. The first-order valence-electron chi connectivity index (χ1n) is 5.80. The number of rotatable bonds is 3. The molecule has 0 fully saturated rings. The quantitative estimate of drug-likeness (QED) is 0.645. The molecule has 100 valence electrons. The van der Waals surface area contributed by atoms with Crippen molar-refractivity contribution < 1.29 is 4.39 Å². The lowest BCUT2D eigenvalue weighted by Crippen LogP contribution is -2.05. The zero-order chi connectivity index (χ0) is 14.0. The molecule has 0 aliphatic rings. The molecule has 0 saturated carbocycles. The van der Waals surface area contributed by atoms with Gasteiger partial charge < -0.3 is 0 Å². The third-order valence-electron chi connectivity index (χ3n) is 3.00. The highest BCUT2D eigenvalue weighted by molar-refractivity contribution is 6.36. The molecule has 0 aliphatic carbocycles. The highest BCUT2D eigenvalue weighted by atomic mass is 35.5. The Morgan fingerprint density at radius 3 is 2.00 bits per heavy atom. The van der Waals surface area contributed by atoms with Crippen LogP contribution in [-0.2, 0) is 0 Å². The van der Waals surface area contributed by atoms with Crippen LogP contribution in [0, 0.1) is 6.92 Å². The first-order valence-corrected chi connectivity index (χ1v) is 6.93. The average molecular weight is 318 g/mol. The molecule has 4 heteroatoms. The Morgan fingerprint density at radius 2 is 1.53 bits per heavy atom. The average Bonchev–Trinajstić information content (AvgIpc) is 2.35.